The second kappa shape index (κ2) is 5.79. The molecule has 2 N–H and O–H groups in total. The Morgan fingerprint density at radius 2 is 1.88 bits per heavy atom. The molecule has 0 fully saturated rings. The summed E-state index contributed by atoms with van der Waals surface area (Å²) in [5, 5.41) is 20.6. The summed E-state index contributed by atoms with van der Waals surface area (Å²) in [6, 6.07) is 12.5. The molecule has 1 aromatic heterocycles. The summed E-state index contributed by atoms with van der Waals surface area (Å²) in [6.45, 7) is 0. The van der Waals surface area contributed by atoms with Crippen molar-refractivity contribution in [3.63, 3.8) is 0 Å². The molecule has 0 aliphatic heterocycles. The second-order valence-electron chi connectivity index (χ2n) is 4.98. The van der Waals surface area contributed by atoms with Gasteiger partial charge in [-0.3, -0.25) is 19.5 Å². The SMILES string of the molecule is N#Cc1c(N)c2ccc(Br)cc2n(-c2ccc([N+](=O)[O-])cc2)c1=O. The topological polar surface area (TPSA) is 115 Å². The van der Waals surface area contributed by atoms with Crippen LogP contribution in [0.3, 0.4) is 0 Å². The molecule has 0 saturated heterocycles. The Balaban J connectivity index is 2.42. The van der Waals surface area contributed by atoms with Crippen LogP contribution in [0.1, 0.15) is 5.56 Å². The number of nitriles is 1. The van der Waals surface area contributed by atoms with Gasteiger partial charge in [0.2, 0.25) is 0 Å². The van der Waals surface area contributed by atoms with Crippen molar-refractivity contribution in [3.05, 3.63) is 73.0 Å². The van der Waals surface area contributed by atoms with Crippen LogP contribution in [0.2, 0.25) is 0 Å². The van der Waals surface area contributed by atoms with Crippen LogP contribution in [0.5, 0.6) is 0 Å². The van der Waals surface area contributed by atoms with E-state index < -0.39 is 10.5 Å². The average Bonchev–Trinajstić information content (AvgIpc) is 2.55. The Morgan fingerprint density at radius 3 is 2.46 bits per heavy atom. The number of nitrogens with zero attached hydrogens (tertiary/aromatic N) is 3. The highest BCUT2D eigenvalue weighted by Gasteiger charge is 2.16. The molecule has 8 heteroatoms. The predicted molar refractivity (Wildman–Crippen MR) is 93.0 cm³/mol. The number of hydrogen-bond donors (Lipinski definition) is 1. The fourth-order valence-corrected chi connectivity index (χ4v) is 2.83. The van der Waals surface area contributed by atoms with Crippen LogP contribution in [0.15, 0.2) is 51.7 Å². The fourth-order valence-electron chi connectivity index (χ4n) is 2.48. The van der Waals surface area contributed by atoms with Crippen molar-refractivity contribution in [3.8, 4) is 11.8 Å². The lowest BCUT2D eigenvalue weighted by atomic mass is 10.1. The van der Waals surface area contributed by atoms with Crippen molar-refractivity contribution < 1.29 is 4.92 Å². The number of anilines is 1. The van der Waals surface area contributed by atoms with Crippen molar-refractivity contribution in [1.82, 2.24) is 4.57 Å². The first-order valence-electron chi connectivity index (χ1n) is 6.72. The van der Waals surface area contributed by atoms with Gasteiger partial charge in [0.15, 0.2) is 0 Å². The highest BCUT2D eigenvalue weighted by atomic mass is 79.9. The number of benzene rings is 2. The van der Waals surface area contributed by atoms with Gasteiger partial charge in [-0.05, 0) is 30.3 Å². The summed E-state index contributed by atoms with van der Waals surface area (Å²) in [6.07, 6.45) is 0. The normalized spacial score (nSPS) is 10.5. The van der Waals surface area contributed by atoms with Gasteiger partial charge in [0.05, 0.1) is 16.1 Å². The van der Waals surface area contributed by atoms with E-state index in [-0.39, 0.29) is 16.9 Å². The minimum atomic E-state index is -0.575. The number of nitrogen functional groups attached to an aromatic ring is 1. The number of nitro groups is 1. The molecule has 0 unspecified atom stereocenters. The van der Waals surface area contributed by atoms with Gasteiger partial charge in [0.25, 0.3) is 11.2 Å². The average molecular weight is 385 g/mol. The summed E-state index contributed by atoms with van der Waals surface area (Å²) < 4.78 is 2.05. The van der Waals surface area contributed by atoms with Crippen LogP contribution in [0.4, 0.5) is 11.4 Å². The van der Waals surface area contributed by atoms with E-state index in [0.29, 0.717) is 16.6 Å². The van der Waals surface area contributed by atoms with Crippen LogP contribution in [0.25, 0.3) is 16.6 Å². The first-order chi connectivity index (χ1) is 11.4. The monoisotopic (exact) mass is 384 g/mol. The molecule has 0 aliphatic carbocycles. The summed E-state index contributed by atoms with van der Waals surface area (Å²) >= 11 is 3.34. The number of fused-ring (bicyclic) bond motifs is 1. The molecule has 0 amide bonds. The maximum atomic E-state index is 12.7. The van der Waals surface area contributed by atoms with Crippen molar-refractivity contribution in [2.45, 2.75) is 0 Å². The van der Waals surface area contributed by atoms with Gasteiger partial charge in [-0.2, -0.15) is 5.26 Å². The Morgan fingerprint density at radius 1 is 1.21 bits per heavy atom. The Kier molecular flexibility index (Phi) is 3.79. The molecule has 3 rings (SSSR count). The molecular weight excluding hydrogens is 376 g/mol. The van der Waals surface area contributed by atoms with E-state index in [1.807, 2.05) is 6.07 Å². The third-order valence-electron chi connectivity index (χ3n) is 3.61. The van der Waals surface area contributed by atoms with Crippen LogP contribution >= 0.6 is 15.9 Å². The zero-order valence-electron chi connectivity index (χ0n) is 12.1. The van der Waals surface area contributed by atoms with Crippen molar-refractivity contribution >= 4 is 38.2 Å². The van der Waals surface area contributed by atoms with Gasteiger partial charge in [-0.25, -0.2) is 0 Å². The van der Waals surface area contributed by atoms with E-state index in [1.165, 1.54) is 28.8 Å². The van der Waals surface area contributed by atoms with E-state index in [0.717, 1.165) is 4.47 Å². The molecule has 118 valence electrons. The zero-order chi connectivity index (χ0) is 17.4. The first kappa shape index (κ1) is 15.7. The number of rotatable bonds is 2. The molecule has 0 bridgehead atoms. The van der Waals surface area contributed by atoms with Crippen LogP contribution in [-0.4, -0.2) is 9.49 Å². The van der Waals surface area contributed by atoms with Gasteiger partial charge >= 0.3 is 0 Å². The lowest BCUT2D eigenvalue weighted by Crippen LogP contribution is -2.23. The number of hydrogen-bond acceptors (Lipinski definition) is 5. The molecule has 24 heavy (non-hydrogen) atoms. The van der Waals surface area contributed by atoms with Crippen molar-refractivity contribution in [1.29, 1.82) is 5.26 Å². The minimum Gasteiger partial charge on any atom is -0.397 e. The number of pyridine rings is 1. The first-order valence-corrected chi connectivity index (χ1v) is 7.52. The third kappa shape index (κ3) is 2.41. The Labute approximate surface area is 143 Å². The van der Waals surface area contributed by atoms with Gasteiger partial charge in [-0.1, -0.05) is 15.9 Å². The van der Waals surface area contributed by atoms with E-state index in [2.05, 4.69) is 15.9 Å². The summed E-state index contributed by atoms with van der Waals surface area (Å²) in [4.78, 5) is 22.9. The zero-order valence-corrected chi connectivity index (χ0v) is 13.6. The smallest absolute Gasteiger partial charge is 0.275 e. The maximum absolute atomic E-state index is 12.7. The molecule has 1 heterocycles. The highest BCUT2D eigenvalue weighted by Crippen LogP contribution is 2.27. The number of nitrogens with two attached hydrogens (primary N) is 1. The predicted octanol–water partition coefficient (Wildman–Crippen LogP) is 3.12. The van der Waals surface area contributed by atoms with E-state index >= 15 is 0 Å². The number of non-ortho nitro benzene ring substituents is 1. The quantitative estimate of drug-likeness (QED) is 0.538. The second-order valence-corrected chi connectivity index (χ2v) is 5.89. The Bertz CT molecular complexity index is 1080. The van der Waals surface area contributed by atoms with Gasteiger partial charge in [-0.15, -0.1) is 0 Å². The highest BCUT2D eigenvalue weighted by molar-refractivity contribution is 9.10. The molecule has 0 saturated carbocycles. The molecule has 0 spiro atoms. The van der Waals surface area contributed by atoms with Gasteiger partial charge < -0.3 is 5.73 Å². The lowest BCUT2D eigenvalue weighted by molar-refractivity contribution is -0.384. The summed E-state index contributed by atoms with van der Waals surface area (Å²) in [5.41, 5.74) is 6.14. The summed E-state index contributed by atoms with van der Waals surface area (Å²) in [7, 11) is 0. The largest absolute Gasteiger partial charge is 0.397 e. The fraction of sp³-hybridized carbons (Fsp3) is 0. The Hall–Kier alpha value is -3.18. The van der Waals surface area contributed by atoms with Crippen LogP contribution in [-0.2, 0) is 0 Å². The molecule has 0 atom stereocenters. The van der Waals surface area contributed by atoms with Crippen LogP contribution in [0, 0.1) is 21.4 Å². The summed E-state index contributed by atoms with van der Waals surface area (Å²) in [5.74, 6) is 0. The molecule has 7 nitrogen and oxygen atoms in total. The standard InChI is InChI=1S/C16H9BrN4O3/c17-9-1-6-12-14(7-9)20(16(22)13(8-18)15(12)19)10-2-4-11(5-3-10)21(23)24/h1-7H,19H2. The van der Waals surface area contributed by atoms with E-state index in [1.54, 1.807) is 18.2 Å². The van der Waals surface area contributed by atoms with Crippen LogP contribution < -0.4 is 11.3 Å². The molecular formula is C16H9BrN4O3. The number of aromatic nitrogens is 1. The third-order valence-corrected chi connectivity index (χ3v) is 4.10. The number of halogens is 1. The van der Waals surface area contributed by atoms with E-state index in [4.69, 9.17) is 5.73 Å². The molecule has 3 aromatic rings. The lowest BCUT2D eigenvalue weighted by Gasteiger charge is -2.13. The number of nitro benzene ring substituents is 1. The van der Waals surface area contributed by atoms with Gasteiger partial charge in [0, 0.05) is 27.7 Å². The van der Waals surface area contributed by atoms with Crippen molar-refractivity contribution in [2.24, 2.45) is 0 Å². The molecule has 2 aromatic carbocycles. The molecule has 0 radical (unpaired) electrons. The van der Waals surface area contributed by atoms with E-state index in [9.17, 15) is 20.2 Å². The van der Waals surface area contributed by atoms with Gasteiger partial charge in [0.1, 0.15) is 11.6 Å². The van der Waals surface area contributed by atoms with Crippen molar-refractivity contribution in [2.75, 3.05) is 5.73 Å². The minimum absolute atomic E-state index is 0.0896. The maximum Gasteiger partial charge on any atom is 0.275 e. The molecule has 0 aliphatic rings.